The van der Waals surface area contributed by atoms with E-state index >= 15 is 0 Å². The molecule has 3 nitrogen and oxygen atoms in total. The predicted molar refractivity (Wildman–Crippen MR) is 119 cm³/mol. The van der Waals surface area contributed by atoms with Crippen LogP contribution in [0, 0.1) is 0 Å². The molecule has 0 radical (unpaired) electrons. The van der Waals surface area contributed by atoms with E-state index in [9.17, 15) is 4.57 Å². The standard InChI is InChI=1S/C24H35O3P/c1-8-23(4,5)27-28(7,25)26-22-17-13-20(14-18-22)19-11-15-21(16-12-19)24(6,9-2)10-3/h11-18H,8-10H2,1-7H3. The van der Waals surface area contributed by atoms with E-state index < -0.39 is 13.2 Å². The Morgan fingerprint density at radius 3 is 1.68 bits per heavy atom. The van der Waals surface area contributed by atoms with Crippen LogP contribution in [-0.2, 0) is 14.5 Å². The molecule has 0 N–H and O–H groups in total. The Kier molecular flexibility index (Phi) is 7.17. The lowest BCUT2D eigenvalue weighted by atomic mass is 9.77. The molecule has 0 aliphatic heterocycles. The molecule has 154 valence electrons. The highest BCUT2D eigenvalue weighted by Crippen LogP contribution is 2.48. The SMILES string of the molecule is CCC(C)(C)OP(C)(=O)Oc1ccc(-c2ccc(C(C)(CC)CC)cc2)cc1. The van der Waals surface area contributed by atoms with Crippen molar-refractivity contribution in [2.45, 2.75) is 71.8 Å². The monoisotopic (exact) mass is 402 g/mol. The van der Waals surface area contributed by atoms with Gasteiger partial charge in [-0.15, -0.1) is 0 Å². The second-order valence-electron chi connectivity index (χ2n) is 8.44. The average molecular weight is 403 g/mol. The lowest BCUT2D eigenvalue weighted by Crippen LogP contribution is -2.22. The minimum Gasteiger partial charge on any atom is -0.425 e. The zero-order chi connectivity index (χ0) is 21.0. The predicted octanol–water partition coefficient (Wildman–Crippen LogP) is 7.84. The van der Waals surface area contributed by atoms with Crippen molar-refractivity contribution < 1.29 is 13.6 Å². The van der Waals surface area contributed by atoms with Gasteiger partial charge >= 0.3 is 7.60 Å². The second-order valence-corrected chi connectivity index (χ2v) is 10.3. The molecular formula is C24H35O3P. The van der Waals surface area contributed by atoms with Crippen molar-refractivity contribution in [2.75, 3.05) is 6.66 Å². The average Bonchev–Trinajstić information content (AvgIpc) is 2.67. The van der Waals surface area contributed by atoms with Crippen molar-refractivity contribution in [1.82, 2.24) is 0 Å². The summed E-state index contributed by atoms with van der Waals surface area (Å²) in [4.78, 5) is 0. The molecule has 0 aliphatic rings. The fourth-order valence-corrected chi connectivity index (χ4v) is 4.72. The first kappa shape index (κ1) is 22.7. The lowest BCUT2D eigenvalue weighted by Gasteiger charge is -2.27. The molecule has 2 aromatic rings. The van der Waals surface area contributed by atoms with Gasteiger partial charge in [-0.1, -0.05) is 64.1 Å². The third-order valence-electron chi connectivity index (χ3n) is 5.87. The van der Waals surface area contributed by atoms with Gasteiger partial charge in [0.1, 0.15) is 5.75 Å². The normalized spacial score (nSPS) is 14.5. The van der Waals surface area contributed by atoms with E-state index in [1.165, 1.54) is 12.2 Å². The third kappa shape index (κ3) is 5.72. The highest BCUT2D eigenvalue weighted by atomic mass is 31.2. The van der Waals surface area contributed by atoms with E-state index in [-0.39, 0.29) is 5.41 Å². The third-order valence-corrected chi connectivity index (χ3v) is 7.23. The van der Waals surface area contributed by atoms with Crippen LogP contribution in [0.15, 0.2) is 48.5 Å². The summed E-state index contributed by atoms with van der Waals surface area (Å²) < 4.78 is 24.0. The van der Waals surface area contributed by atoms with Gasteiger partial charge in [0.25, 0.3) is 0 Å². The van der Waals surface area contributed by atoms with Gasteiger partial charge < -0.3 is 4.52 Å². The molecular weight excluding hydrogens is 367 g/mol. The van der Waals surface area contributed by atoms with E-state index in [0.29, 0.717) is 5.75 Å². The van der Waals surface area contributed by atoms with E-state index in [2.05, 4.69) is 45.0 Å². The van der Waals surface area contributed by atoms with Crippen LogP contribution in [0.25, 0.3) is 11.1 Å². The Labute approximate surface area is 171 Å². The molecule has 2 rings (SSSR count). The van der Waals surface area contributed by atoms with Crippen molar-refractivity contribution in [3.8, 4) is 16.9 Å². The lowest BCUT2D eigenvalue weighted by molar-refractivity contribution is 0.0932. The molecule has 0 bridgehead atoms. The number of hydrogen-bond acceptors (Lipinski definition) is 3. The van der Waals surface area contributed by atoms with Crippen LogP contribution < -0.4 is 4.52 Å². The first-order chi connectivity index (χ1) is 13.0. The fourth-order valence-electron chi connectivity index (χ4n) is 3.16. The Balaban J connectivity index is 2.13. The molecule has 0 aromatic heterocycles. The zero-order valence-corrected chi connectivity index (χ0v) is 19.3. The van der Waals surface area contributed by atoms with E-state index in [1.807, 2.05) is 45.0 Å². The molecule has 0 heterocycles. The molecule has 28 heavy (non-hydrogen) atoms. The summed E-state index contributed by atoms with van der Waals surface area (Å²) in [6.45, 7) is 14.2. The summed E-state index contributed by atoms with van der Waals surface area (Å²) >= 11 is 0. The maximum Gasteiger partial charge on any atom is 0.376 e. The molecule has 1 atom stereocenters. The first-order valence-electron chi connectivity index (χ1n) is 10.2. The van der Waals surface area contributed by atoms with Gasteiger partial charge in [-0.05, 0) is 67.3 Å². The van der Waals surface area contributed by atoms with Crippen molar-refractivity contribution in [2.24, 2.45) is 0 Å². The molecule has 2 aromatic carbocycles. The van der Waals surface area contributed by atoms with Crippen LogP contribution in [0.1, 0.15) is 66.4 Å². The largest absolute Gasteiger partial charge is 0.425 e. The smallest absolute Gasteiger partial charge is 0.376 e. The zero-order valence-electron chi connectivity index (χ0n) is 18.4. The topological polar surface area (TPSA) is 35.5 Å². The van der Waals surface area contributed by atoms with Gasteiger partial charge in [0.05, 0.1) is 5.60 Å². The second kappa shape index (κ2) is 8.84. The maximum absolute atomic E-state index is 12.7. The van der Waals surface area contributed by atoms with Crippen LogP contribution in [0.3, 0.4) is 0 Å². The Bertz CT molecular complexity index is 803. The molecule has 0 fully saturated rings. The molecule has 0 aliphatic carbocycles. The Morgan fingerprint density at radius 1 is 0.786 bits per heavy atom. The van der Waals surface area contributed by atoms with Crippen molar-refractivity contribution in [3.05, 3.63) is 54.1 Å². The van der Waals surface area contributed by atoms with Crippen LogP contribution >= 0.6 is 7.60 Å². The molecule has 0 saturated carbocycles. The minimum absolute atomic E-state index is 0.227. The van der Waals surface area contributed by atoms with Crippen LogP contribution in [0.2, 0.25) is 0 Å². The maximum atomic E-state index is 12.7. The summed E-state index contributed by atoms with van der Waals surface area (Å²) in [6.07, 6.45) is 3.02. The number of hydrogen-bond donors (Lipinski definition) is 0. The summed E-state index contributed by atoms with van der Waals surface area (Å²) in [7, 11) is -3.17. The Morgan fingerprint density at radius 2 is 1.25 bits per heavy atom. The Hall–Kier alpha value is -1.57. The fraction of sp³-hybridized carbons (Fsp3) is 0.500. The molecule has 4 heteroatoms. The van der Waals surface area contributed by atoms with Gasteiger partial charge in [0, 0.05) is 6.66 Å². The van der Waals surface area contributed by atoms with Crippen LogP contribution in [0.4, 0.5) is 0 Å². The summed E-state index contributed by atoms with van der Waals surface area (Å²) in [5.74, 6) is 0.558. The van der Waals surface area contributed by atoms with Crippen LogP contribution in [-0.4, -0.2) is 12.3 Å². The van der Waals surface area contributed by atoms with Gasteiger partial charge in [0.15, 0.2) is 0 Å². The van der Waals surface area contributed by atoms with Gasteiger partial charge in [-0.2, -0.15) is 0 Å². The molecule has 0 amide bonds. The quantitative estimate of drug-likeness (QED) is 0.401. The van der Waals surface area contributed by atoms with Crippen molar-refractivity contribution in [3.63, 3.8) is 0 Å². The van der Waals surface area contributed by atoms with Crippen LogP contribution in [0.5, 0.6) is 5.75 Å². The minimum atomic E-state index is -3.17. The molecule has 1 unspecified atom stereocenters. The van der Waals surface area contributed by atoms with Gasteiger partial charge in [-0.25, -0.2) is 4.57 Å². The van der Waals surface area contributed by atoms with E-state index in [1.54, 1.807) is 0 Å². The van der Waals surface area contributed by atoms with Gasteiger partial charge in [0.2, 0.25) is 0 Å². The number of rotatable bonds is 9. The van der Waals surface area contributed by atoms with E-state index in [4.69, 9.17) is 9.05 Å². The summed E-state index contributed by atoms with van der Waals surface area (Å²) in [6, 6.07) is 16.5. The van der Waals surface area contributed by atoms with Crippen molar-refractivity contribution >= 4 is 7.60 Å². The van der Waals surface area contributed by atoms with E-state index in [0.717, 1.165) is 30.4 Å². The summed E-state index contributed by atoms with van der Waals surface area (Å²) in [5, 5.41) is 0. The molecule has 0 saturated heterocycles. The number of benzene rings is 2. The highest BCUT2D eigenvalue weighted by molar-refractivity contribution is 7.53. The van der Waals surface area contributed by atoms with Crippen molar-refractivity contribution in [1.29, 1.82) is 0 Å². The molecule has 0 spiro atoms. The van der Waals surface area contributed by atoms with Gasteiger partial charge in [-0.3, -0.25) is 4.52 Å². The first-order valence-corrected chi connectivity index (χ1v) is 12.2. The summed E-state index contributed by atoms with van der Waals surface area (Å²) in [5.41, 5.74) is 3.40. The highest BCUT2D eigenvalue weighted by Gasteiger charge is 2.29.